The summed E-state index contributed by atoms with van der Waals surface area (Å²) in [5, 5.41) is 19.4. The lowest BCUT2D eigenvalue weighted by atomic mass is 10.5. The highest BCUT2D eigenvalue weighted by Crippen LogP contribution is 2.25. The zero-order valence-electron chi connectivity index (χ0n) is 5.97. The van der Waals surface area contributed by atoms with E-state index in [0.29, 0.717) is 0 Å². The van der Waals surface area contributed by atoms with E-state index in [1.54, 1.807) is 0 Å². The highest BCUT2D eigenvalue weighted by atomic mass is 35.5. The molecule has 0 fully saturated rings. The Morgan fingerprint density at radius 1 is 1.62 bits per heavy atom. The van der Waals surface area contributed by atoms with Crippen molar-refractivity contribution >= 4 is 26.5 Å². The van der Waals surface area contributed by atoms with Crippen LogP contribution < -0.4 is 0 Å². The molecular weight excluding hydrogens is 224 g/mol. The van der Waals surface area contributed by atoms with Crippen LogP contribution in [-0.4, -0.2) is 29.3 Å². The summed E-state index contributed by atoms with van der Waals surface area (Å²) in [5.74, 6) is -0.835. The lowest BCUT2D eigenvalue weighted by Gasteiger charge is -1.89. The topological polar surface area (TPSA) is 110 Å². The Labute approximate surface area is 77.4 Å². The smallest absolute Gasteiger partial charge is 0.283 e. The van der Waals surface area contributed by atoms with E-state index in [2.05, 4.69) is 5.16 Å². The summed E-state index contributed by atoms with van der Waals surface area (Å²) < 4.78 is 22.0. The van der Waals surface area contributed by atoms with E-state index in [1.807, 2.05) is 0 Å². The van der Waals surface area contributed by atoms with Gasteiger partial charge < -0.3 is 5.21 Å². The predicted octanol–water partition coefficient (Wildman–Crippen LogP) is -0.0704. The predicted molar refractivity (Wildman–Crippen MR) is 42.9 cm³/mol. The zero-order valence-corrected chi connectivity index (χ0v) is 7.54. The fourth-order valence-electron chi connectivity index (χ4n) is 0.811. The van der Waals surface area contributed by atoms with Gasteiger partial charge in [-0.25, -0.2) is 8.42 Å². The molecule has 9 heteroatoms. The molecule has 0 radical (unpaired) electrons. The number of halogens is 1. The van der Waals surface area contributed by atoms with Crippen LogP contribution >= 0.6 is 11.6 Å². The van der Waals surface area contributed by atoms with Crippen molar-refractivity contribution in [2.75, 3.05) is 5.75 Å². The van der Waals surface area contributed by atoms with Crippen LogP contribution in [0.4, 0.5) is 0 Å². The molecule has 0 amide bonds. The van der Waals surface area contributed by atoms with Crippen LogP contribution in [0.15, 0.2) is 15.9 Å². The second-order valence-electron chi connectivity index (χ2n) is 2.18. The molecule has 0 aromatic rings. The fourth-order valence-corrected chi connectivity index (χ4v) is 2.68. The van der Waals surface area contributed by atoms with Crippen LogP contribution in [0.2, 0.25) is 0 Å². The molecule has 72 valence electrons. The minimum absolute atomic E-state index is 0.632. The first-order valence-corrected chi connectivity index (χ1v) is 4.91. The van der Waals surface area contributed by atoms with E-state index in [9.17, 15) is 18.5 Å². The first-order chi connectivity index (χ1) is 5.90. The SMILES string of the molecule is O=[N+]([O-])C1=C(Cl)/C(=N/O)S(=O)(=O)C1. The second kappa shape index (κ2) is 2.96. The zero-order chi connectivity index (χ0) is 10.2. The lowest BCUT2D eigenvalue weighted by Crippen LogP contribution is -2.12. The Bertz CT molecular complexity index is 422. The van der Waals surface area contributed by atoms with Gasteiger partial charge in [0.05, 0.1) is 4.92 Å². The molecule has 0 bridgehead atoms. The third-order valence-electron chi connectivity index (χ3n) is 1.37. The van der Waals surface area contributed by atoms with Gasteiger partial charge in [-0.3, -0.25) is 10.1 Å². The van der Waals surface area contributed by atoms with Gasteiger partial charge in [0, 0.05) is 0 Å². The van der Waals surface area contributed by atoms with E-state index in [1.165, 1.54) is 0 Å². The van der Waals surface area contributed by atoms with Crippen molar-refractivity contribution in [3.05, 3.63) is 20.8 Å². The Kier molecular flexibility index (Phi) is 2.26. The van der Waals surface area contributed by atoms with Crippen molar-refractivity contribution in [3.8, 4) is 0 Å². The molecule has 7 nitrogen and oxygen atoms in total. The number of hydrogen-bond donors (Lipinski definition) is 1. The molecule has 0 aromatic heterocycles. The third kappa shape index (κ3) is 1.49. The molecule has 0 atom stereocenters. The van der Waals surface area contributed by atoms with E-state index in [0.717, 1.165) is 0 Å². The Balaban J connectivity index is 3.34. The molecule has 0 spiro atoms. The first kappa shape index (κ1) is 9.93. The van der Waals surface area contributed by atoms with Gasteiger partial charge in [0.2, 0.25) is 14.9 Å². The minimum Gasteiger partial charge on any atom is -0.410 e. The van der Waals surface area contributed by atoms with Crippen LogP contribution in [0.3, 0.4) is 0 Å². The molecule has 1 heterocycles. The molecule has 1 aliphatic rings. The molecule has 0 aliphatic carbocycles. The van der Waals surface area contributed by atoms with Crippen LogP contribution in [0.5, 0.6) is 0 Å². The molecule has 0 aromatic carbocycles. The lowest BCUT2D eigenvalue weighted by molar-refractivity contribution is -0.423. The minimum atomic E-state index is -3.93. The number of oxime groups is 1. The summed E-state index contributed by atoms with van der Waals surface area (Å²) in [7, 11) is -3.93. The number of rotatable bonds is 1. The summed E-state index contributed by atoms with van der Waals surface area (Å²) in [6.45, 7) is 0. The second-order valence-corrected chi connectivity index (χ2v) is 4.46. The van der Waals surface area contributed by atoms with Gasteiger partial charge >= 0.3 is 0 Å². The maximum atomic E-state index is 11.0. The van der Waals surface area contributed by atoms with Gasteiger partial charge in [0.15, 0.2) is 5.03 Å². The number of nitro groups is 1. The molecule has 13 heavy (non-hydrogen) atoms. The summed E-state index contributed by atoms with van der Waals surface area (Å²) >= 11 is 5.29. The van der Waals surface area contributed by atoms with Crippen molar-refractivity contribution in [2.45, 2.75) is 0 Å². The average Bonchev–Trinajstić information content (AvgIpc) is 2.22. The van der Waals surface area contributed by atoms with Gasteiger partial charge in [-0.1, -0.05) is 16.8 Å². The Morgan fingerprint density at radius 2 is 2.15 bits per heavy atom. The van der Waals surface area contributed by atoms with E-state index in [-0.39, 0.29) is 0 Å². The van der Waals surface area contributed by atoms with Crippen molar-refractivity contribution in [3.63, 3.8) is 0 Å². The normalized spacial score (nSPS) is 23.9. The summed E-state index contributed by atoms with van der Waals surface area (Å²) in [6, 6.07) is 0. The number of nitrogens with zero attached hydrogens (tertiary/aromatic N) is 2. The average molecular weight is 227 g/mol. The van der Waals surface area contributed by atoms with E-state index >= 15 is 0 Å². The molecule has 0 unspecified atom stereocenters. The van der Waals surface area contributed by atoms with Crippen LogP contribution in [0.1, 0.15) is 0 Å². The van der Waals surface area contributed by atoms with Crippen molar-refractivity contribution in [1.29, 1.82) is 0 Å². The third-order valence-corrected chi connectivity index (χ3v) is 3.41. The molecular formula is C4H3ClN2O5S. The van der Waals surface area contributed by atoms with Gasteiger partial charge in [-0.2, -0.15) is 0 Å². The van der Waals surface area contributed by atoms with Crippen LogP contribution in [-0.2, 0) is 9.84 Å². The van der Waals surface area contributed by atoms with Gasteiger partial charge in [0.1, 0.15) is 5.75 Å². The Morgan fingerprint density at radius 3 is 2.38 bits per heavy atom. The number of sulfone groups is 1. The Hall–Kier alpha value is -1.15. The highest BCUT2D eigenvalue weighted by molar-refractivity contribution is 8.07. The first-order valence-electron chi connectivity index (χ1n) is 2.88. The van der Waals surface area contributed by atoms with Gasteiger partial charge in [0.25, 0.3) is 5.70 Å². The van der Waals surface area contributed by atoms with Crippen molar-refractivity contribution in [1.82, 2.24) is 0 Å². The summed E-state index contributed by atoms with van der Waals surface area (Å²) in [4.78, 5) is 9.30. The molecule has 1 N–H and O–H groups in total. The quantitative estimate of drug-likeness (QED) is 0.382. The molecule has 0 saturated carbocycles. The number of hydrogen-bond acceptors (Lipinski definition) is 6. The summed E-state index contributed by atoms with van der Waals surface area (Å²) in [5.41, 5.74) is -0.672. The highest BCUT2D eigenvalue weighted by Gasteiger charge is 2.42. The maximum absolute atomic E-state index is 11.0. The van der Waals surface area contributed by atoms with Gasteiger partial charge in [-0.15, -0.1) is 0 Å². The fraction of sp³-hybridized carbons (Fsp3) is 0.250. The maximum Gasteiger partial charge on any atom is 0.283 e. The van der Waals surface area contributed by atoms with Crippen molar-refractivity contribution < 1.29 is 18.5 Å². The largest absolute Gasteiger partial charge is 0.410 e. The molecule has 0 saturated heterocycles. The molecule has 1 aliphatic heterocycles. The van der Waals surface area contributed by atoms with Crippen LogP contribution in [0.25, 0.3) is 0 Å². The molecule has 1 rings (SSSR count). The summed E-state index contributed by atoms with van der Waals surface area (Å²) in [6.07, 6.45) is 0. The monoisotopic (exact) mass is 226 g/mol. The van der Waals surface area contributed by atoms with E-state index in [4.69, 9.17) is 16.8 Å². The van der Waals surface area contributed by atoms with Crippen LogP contribution in [0, 0.1) is 10.1 Å². The standard InChI is InChI=1S/C4H3ClN2O5S/c5-3-2(7(9)10)1-13(11,12)4(3)6-8/h8H,1H2/b6-4-. The van der Waals surface area contributed by atoms with E-state index < -0.39 is 36.3 Å². The van der Waals surface area contributed by atoms with Gasteiger partial charge in [-0.05, 0) is 0 Å². The van der Waals surface area contributed by atoms with Crippen molar-refractivity contribution in [2.24, 2.45) is 5.16 Å².